The summed E-state index contributed by atoms with van der Waals surface area (Å²) in [7, 11) is 0. The second kappa shape index (κ2) is 8.48. The maximum absolute atomic E-state index is 12.8. The molecule has 2 aromatic heterocycles. The first-order valence-electron chi connectivity index (χ1n) is 9.44. The van der Waals surface area contributed by atoms with Gasteiger partial charge in [0.15, 0.2) is 0 Å². The highest BCUT2D eigenvalue weighted by molar-refractivity contribution is 6.30. The van der Waals surface area contributed by atoms with Gasteiger partial charge in [0.1, 0.15) is 0 Å². The molecule has 1 aromatic carbocycles. The van der Waals surface area contributed by atoms with Gasteiger partial charge in [0.05, 0.1) is 17.8 Å². The molecule has 1 fully saturated rings. The molecule has 1 amide bonds. The molecule has 1 saturated heterocycles. The molecule has 28 heavy (non-hydrogen) atoms. The van der Waals surface area contributed by atoms with E-state index in [4.69, 9.17) is 11.6 Å². The van der Waals surface area contributed by atoms with Crippen molar-refractivity contribution in [2.75, 3.05) is 13.1 Å². The summed E-state index contributed by atoms with van der Waals surface area (Å²) in [5, 5.41) is 0.673. The number of hydrogen-bond acceptors (Lipinski definition) is 4. The molecule has 0 aliphatic carbocycles. The monoisotopic (exact) mass is 392 g/mol. The Balaban J connectivity index is 1.55. The lowest BCUT2D eigenvalue weighted by Crippen LogP contribution is -2.40. The molecule has 4 rings (SSSR count). The van der Waals surface area contributed by atoms with Crippen molar-refractivity contribution in [3.8, 4) is 11.3 Å². The second-order valence-corrected chi connectivity index (χ2v) is 7.45. The fourth-order valence-electron chi connectivity index (χ4n) is 3.72. The summed E-state index contributed by atoms with van der Waals surface area (Å²) in [5.41, 5.74) is 3.72. The van der Waals surface area contributed by atoms with Crippen LogP contribution in [-0.4, -0.2) is 38.8 Å². The molecule has 1 atom stereocenters. The maximum Gasteiger partial charge on any atom is 0.227 e. The standard InChI is InChI=1S/C22H21ClN4O/c23-19-5-1-3-17(14-19)21-22(26-11-10-25-21)18-4-2-12-27(15-18)20(28)13-16-6-8-24-9-7-16/h1,3,5-11,14,18H,2,4,12-13,15H2/t18-/m1/s1. The number of rotatable bonds is 4. The Hall–Kier alpha value is -2.79. The molecule has 0 unspecified atom stereocenters. The van der Waals surface area contributed by atoms with Gasteiger partial charge in [0, 0.05) is 54.4 Å². The number of carbonyl (C=O) groups excluding carboxylic acids is 1. The van der Waals surface area contributed by atoms with Gasteiger partial charge in [-0.05, 0) is 42.7 Å². The molecule has 0 spiro atoms. The van der Waals surface area contributed by atoms with E-state index in [1.807, 2.05) is 41.3 Å². The van der Waals surface area contributed by atoms with Crippen molar-refractivity contribution in [2.45, 2.75) is 25.2 Å². The molecule has 142 valence electrons. The lowest BCUT2D eigenvalue weighted by Gasteiger charge is -2.33. The number of carbonyl (C=O) groups is 1. The lowest BCUT2D eigenvalue weighted by molar-refractivity contribution is -0.131. The molecule has 6 heteroatoms. The Morgan fingerprint density at radius 3 is 2.75 bits per heavy atom. The summed E-state index contributed by atoms with van der Waals surface area (Å²) >= 11 is 6.17. The molecule has 0 N–H and O–H groups in total. The van der Waals surface area contributed by atoms with Gasteiger partial charge >= 0.3 is 0 Å². The Morgan fingerprint density at radius 1 is 1.11 bits per heavy atom. The molecule has 1 aliphatic rings. The Labute approximate surface area is 169 Å². The summed E-state index contributed by atoms with van der Waals surface area (Å²) < 4.78 is 0. The normalized spacial score (nSPS) is 16.8. The topological polar surface area (TPSA) is 59.0 Å². The van der Waals surface area contributed by atoms with Gasteiger partial charge in [0.25, 0.3) is 0 Å². The van der Waals surface area contributed by atoms with E-state index in [2.05, 4.69) is 15.0 Å². The minimum absolute atomic E-state index is 0.143. The van der Waals surface area contributed by atoms with Crippen LogP contribution in [0, 0.1) is 0 Å². The van der Waals surface area contributed by atoms with Crippen molar-refractivity contribution in [3.63, 3.8) is 0 Å². The van der Waals surface area contributed by atoms with Gasteiger partial charge in [-0.1, -0.05) is 23.7 Å². The SMILES string of the molecule is O=C(Cc1ccncc1)N1CCC[C@@H](c2nccnc2-c2cccc(Cl)c2)C1. The van der Waals surface area contributed by atoms with Crippen molar-refractivity contribution in [3.05, 3.63) is 77.5 Å². The van der Waals surface area contributed by atoms with Gasteiger partial charge in [-0.3, -0.25) is 19.7 Å². The summed E-state index contributed by atoms with van der Waals surface area (Å²) in [4.78, 5) is 28.0. The predicted molar refractivity (Wildman–Crippen MR) is 109 cm³/mol. The van der Waals surface area contributed by atoms with Gasteiger partial charge in [-0.2, -0.15) is 0 Å². The van der Waals surface area contributed by atoms with Crippen LogP contribution in [0.15, 0.2) is 61.2 Å². The highest BCUT2D eigenvalue weighted by Gasteiger charge is 2.28. The van der Waals surface area contributed by atoms with Crippen LogP contribution >= 0.6 is 11.6 Å². The number of hydrogen-bond donors (Lipinski definition) is 0. The van der Waals surface area contributed by atoms with Crippen molar-refractivity contribution in [2.24, 2.45) is 0 Å². The first kappa shape index (κ1) is 18.6. The van der Waals surface area contributed by atoms with Gasteiger partial charge < -0.3 is 4.90 Å². The largest absolute Gasteiger partial charge is 0.342 e. The van der Waals surface area contributed by atoms with Crippen LogP contribution in [0.5, 0.6) is 0 Å². The number of likely N-dealkylation sites (tertiary alicyclic amines) is 1. The third kappa shape index (κ3) is 4.20. The zero-order valence-electron chi connectivity index (χ0n) is 15.5. The smallest absolute Gasteiger partial charge is 0.227 e. The van der Waals surface area contributed by atoms with Gasteiger partial charge in [0.2, 0.25) is 5.91 Å². The van der Waals surface area contributed by atoms with Crippen LogP contribution in [0.3, 0.4) is 0 Å². The van der Waals surface area contributed by atoms with Crippen molar-refractivity contribution in [1.29, 1.82) is 0 Å². The van der Waals surface area contributed by atoms with E-state index in [1.165, 1.54) is 0 Å². The average molecular weight is 393 g/mol. The zero-order chi connectivity index (χ0) is 19.3. The summed E-state index contributed by atoms with van der Waals surface area (Å²) in [6, 6.07) is 11.4. The molecular formula is C22H21ClN4O. The number of halogens is 1. The number of benzene rings is 1. The van der Waals surface area contributed by atoms with E-state index < -0.39 is 0 Å². The van der Waals surface area contributed by atoms with Crippen LogP contribution in [0.2, 0.25) is 5.02 Å². The molecular weight excluding hydrogens is 372 g/mol. The molecule has 0 bridgehead atoms. The molecule has 1 aliphatic heterocycles. The van der Waals surface area contributed by atoms with E-state index in [9.17, 15) is 4.79 Å². The minimum atomic E-state index is 0.143. The summed E-state index contributed by atoms with van der Waals surface area (Å²) in [5.74, 6) is 0.307. The summed E-state index contributed by atoms with van der Waals surface area (Å²) in [6.45, 7) is 1.45. The Kier molecular flexibility index (Phi) is 5.63. The lowest BCUT2D eigenvalue weighted by atomic mass is 9.91. The minimum Gasteiger partial charge on any atom is -0.342 e. The molecule has 3 aromatic rings. The maximum atomic E-state index is 12.8. The van der Waals surface area contributed by atoms with E-state index in [0.29, 0.717) is 18.0 Å². The van der Waals surface area contributed by atoms with Gasteiger partial charge in [-0.25, -0.2) is 0 Å². The fraction of sp³-hybridized carbons (Fsp3) is 0.273. The van der Waals surface area contributed by atoms with Crippen LogP contribution in [0.4, 0.5) is 0 Å². The van der Waals surface area contributed by atoms with E-state index in [1.54, 1.807) is 24.8 Å². The number of pyridine rings is 1. The number of piperidine rings is 1. The first-order valence-corrected chi connectivity index (χ1v) is 9.82. The molecule has 5 nitrogen and oxygen atoms in total. The van der Waals surface area contributed by atoms with Crippen LogP contribution in [-0.2, 0) is 11.2 Å². The van der Waals surface area contributed by atoms with E-state index in [0.717, 1.165) is 41.9 Å². The van der Waals surface area contributed by atoms with Crippen LogP contribution in [0.1, 0.15) is 30.0 Å². The third-order valence-electron chi connectivity index (χ3n) is 5.09. The van der Waals surface area contributed by atoms with Crippen molar-refractivity contribution in [1.82, 2.24) is 19.9 Å². The fourth-order valence-corrected chi connectivity index (χ4v) is 3.91. The number of aromatic nitrogens is 3. The number of amides is 1. The third-order valence-corrected chi connectivity index (χ3v) is 5.33. The van der Waals surface area contributed by atoms with E-state index in [-0.39, 0.29) is 11.8 Å². The van der Waals surface area contributed by atoms with Gasteiger partial charge in [-0.15, -0.1) is 0 Å². The van der Waals surface area contributed by atoms with E-state index >= 15 is 0 Å². The van der Waals surface area contributed by atoms with Crippen molar-refractivity contribution >= 4 is 17.5 Å². The zero-order valence-corrected chi connectivity index (χ0v) is 16.2. The average Bonchev–Trinajstić information content (AvgIpc) is 2.74. The second-order valence-electron chi connectivity index (χ2n) is 7.01. The van der Waals surface area contributed by atoms with Crippen LogP contribution < -0.4 is 0 Å². The Morgan fingerprint density at radius 2 is 1.93 bits per heavy atom. The first-order chi connectivity index (χ1) is 13.7. The highest BCUT2D eigenvalue weighted by atomic mass is 35.5. The number of nitrogens with zero attached hydrogens (tertiary/aromatic N) is 4. The summed E-state index contributed by atoms with van der Waals surface area (Å²) in [6.07, 6.45) is 9.22. The highest BCUT2D eigenvalue weighted by Crippen LogP contribution is 2.32. The van der Waals surface area contributed by atoms with Crippen LogP contribution in [0.25, 0.3) is 11.3 Å². The molecule has 3 heterocycles. The van der Waals surface area contributed by atoms with Crippen molar-refractivity contribution < 1.29 is 4.79 Å². The quantitative estimate of drug-likeness (QED) is 0.669. The predicted octanol–water partition coefficient (Wildman–Crippen LogP) is 4.14. The Bertz CT molecular complexity index is 964. The molecule has 0 saturated carbocycles. The molecule has 0 radical (unpaired) electrons.